The van der Waals surface area contributed by atoms with Gasteiger partial charge in [-0.1, -0.05) is 18.2 Å². The van der Waals surface area contributed by atoms with E-state index in [4.69, 9.17) is 5.14 Å². The lowest BCUT2D eigenvalue weighted by atomic mass is 10.1. The summed E-state index contributed by atoms with van der Waals surface area (Å²) in [6.45, 7) is -0.0924. The molecule has 0 fully saturated rings. The fourth-order valence-corrected chi connectivity index (χ4v) is 1.60. The Kier molecular flexibility index (Phi) is 4.36. The van der Waals surface area contributed by atoms with E-state index >= 15 is 0 Å². The van der Waals surface area contributed by atoms with Crippen molar-refractivity contribution in [2.24, 2.45) is 5.14 Å². The van der Waals surface area contributed by atoms with E-state index in [0.717, 1.165) is 0 Å². The molecule has 1 aromatic rings. The van der Waals surface area contributed by atoms with Crippen LogP contribution in [-0.4, -0.2) is 32.9 Å². The SMILES string of the molecule is NS(=O)(=O)CCNC(=O)c1ccccc1C=O. The molecular formula is C10H12N2O4S. The minimum Gasteiger partial charge on any atom is -0.351 e. The van der Waals surface area contributed by atoms with Crippen molar-refractivity contribution in [3.05, 3.63) is 35.4 Å². The molecule has 7 heteroatoms. The summed E-state index contributed by atoms with van der Waals surface area (Å²) in [5.41, 5.74) is 0.456. The van der Waals surface area contributed by atoms with Gasteiger partial charge in [-0.05, 0) is 6.07 Å². The van der Waals surface area contributed by atoms with Crippen LogP contribution in [-0.2, 0) is 10.0 Å². The Morgan fingerprint density at radius 2 is 2.00 bits per heavy atom. The van der Waals surface area contributed by atoms with Gasteiger partial charge in [0.1, 0.15) is 0 Å². The normalized spacial score (nSPS) is 10.9. The molecule has 0 saturated carbocycles. The Morgan fingerprint density at radius 3 is 2.59 bits per heavy atom. The van der Waals surface area contributed by atoms with E-state index in [9.17, 15) is 18.0 Å². The number of benzene rings is 1. The third kappa shape index (κ3) is 4.33. The first kappa shape index (κ1) is 13.3. The highest BCUT2D eigenvalue weighted by molar-refractivity contribution is 7.89. The lowest BCUT2D eigenvalue weighted by molar-refractivity contribution is 0.0950. The van der Waals surface area contributed by atoms with Crippen molar-refractivity contribution in [2.75, 3.05) is 12.3 Å². The van der Waals surface area contributed by atoms with Crippen LogP contribution in [0.3, 0.4) is 0 Å². The zero-order chi connectivity index (χ0) is 12.9. The average molecular weight is 256 g/mol. The lowest BCUT2D eigenvalue weighted by Gasteiger charge is -2.05. The molecule has 0 spiro atoms. The molecule has 0 bridgehead atoms. The van der Waals surface area contributed by atoms with Gasteiger partial charge < -0.3 is 5.32 Å². The van der Waals surface area contributed by atoms with Gasteiger partial charge in [-0.2, -0.15) is 0 Å². The molecule has 0 aliphatic heterocycles. The molecule has 3 N–H and O–H groups in total. The Labute approximate surface area is 98.9 Å². The third-order valence-corrected chi connectivity index (χ3v) is 2.78. The molecule has 0 aromatic heterocycles. The van der Waals surface area contributed by atoms with Crippen molar-refractivity contribution < 1.29 is 18.0 Å². The molecule has 0 radical (unpaired) electrons. The van der Waals surface area contributed by atoms with Gasteiger partial charge in [-0.25, -0.2) is 13.6 Å². The largest absolute Gasteiger partial charge is 0.351 e. The van der Waals surface area contributed by atoms with Crippen LogP contribution >= 0.6 is 0 Å². The van der Waals surface area contributed by atoms with Crippen molar-refractivity contribution in [3.63, 3.8) is 0 Å². The number of nitrogens with one attached hydrogen (secondary N) is 1. The van der Waals surface area contributed by atoms with E-state index in [2.05, 4.69) is 5.32 Å². The molecular weight excluding hydrogens is 244 g/mol. The van der Waals surface area contributed by atoms with E-state index in [1.807, 2.05) is 0 Å². The summed E-state index contributed by atoms with van der Waals surface area (Å²) in [6, 6.07) is 6.23. The number of carbonyl (C=O) groups excluding carboxylic acids is 2. The van der Waals surface area contributed by atoms with Gasteiger partial charge in [-0.15, -0.1) is 0 Å². The van der Waals surface area contributed by atoms with Crippen molar-refractivity contribution >= 4 is 22.2 Å². The van der Waals surface area contributed by atoms with E-state index in [1.54, 1.807) is 12.1 Å². The Balaban J connectivity index is 2.67. The predicted molar refractivity (Wildman–Crippen MR) is 62.1 cm³/mol. The highest BCUT2D eigenvalue weighted by atomic mass is 32.2. The second-order valence-corrected chi connectivity index (χ2v) is 5.06. The third-order valence-electron chi connectivity index (χ3n) is 2.00. The predicted octanol–water partition coefficient (Wildman–Crippen LogP) is -0.483. The second-order valence-electron chi connectivity index (χ2n) is 3.33. The maximum absolute atomic E-state index is 11.6. The Bertz CT molecular complexity index is 525. The van der Waals surface area contributed by atoms with E-state index < -0.39 is 15.9 Å². The highest BCUT2D eigenvalue weighted by Crippen LogP contribution is 2.05. The number of nitrogens with two attached hydrogens (primary N) is 1. The summed E-state index contributed by atoms with van der Waals surface area (Å²) >= 11 is 0. The number of aldehydes is 1. The van der Waals surface area contributed by atoms with Gasteiger partial charge in [0.25, 0.3) is 5.91 Å². The van der Waals surface area contributed by atoms with E-state index in [1.165, 1.54) is 12.1 Å². The molecule has 0 unspecified atom stereocenters. The first-order valence-corrected chi connectivity index (χ1v) is 6.48. The monoisotopic (exact) mass is 256 g/mol. The number of hydrogen-bond donors (Lipinski definition) is 2. The van der Waals surface area contributed by atoms with Gasteiger partial charge >= 0.3 is 0 Å². The molecule has 0 atom stereocenters. The minimum atomic E-state index is -3.60. The molecule has 1 amide bonds. The molecule has 0 heterocycles. The van der Waals surface area contributed by atoms with E-state index in [-0.39, 0.29) is 23.4 Å². The smallest absolute Gasteiger partial charge is 0.252 e. The van der Waals surface area contributed by atoms with Gasteiger partial charge in [0, 0.05) is 17.7 Å². The fourth-order valence-electron chi connectivity index (χ4n) is 1.21. The van der Waals surface area contributed by atoms with Crippen molar-refractivity contribution in [1.29, 1.82) is 0 Å². The van der Waals surface area contributed by atoms with Gasteiger partial charge in [0.05, 0.1) is 5.75 Å². The van der Waals surface area contributed by atoms with Gasteiger partial charge in [0.15, 0.2) is 6.29 Å². The molecule has 1 aromatic carbocycles. The zero-order valence-corrected chi connectivity index (χ0v) is 9.74. The molecule has 92 valence electrons. The molecule has 0 aliphatic carbocycles. The topological polar surface area (TPSA) is 106 Å². The quantitative estimate of drug-likeness (QED) is 0.694. The van der Waals surface area contributed by atoms with Crippen LogP contribution in [0.1, 0.15) is 20.7 Å². The maximum Gasteiger partial charge on any atom is 0.252 e. The molecule has 17 heavy (non-hydrogen) atoms. The highest BCUT2D eigenvalue weighted by Gasteiger charge is 2.10. The Morgan fingerprint density at radius 1 is 1.35 bits per heavy atom. The van der Waals surface area contributed by atoms with Crippen LogP contribution in [0.15, 0.2) is 24.3 Å². The van der Waals surface area contributed by atoms with Crippen molar-refractivity contribution in [3.8, 4) is 0 Å². The molecule has 0 saturated heterocycles. The lowest BCUT2D eigenvalue weighted by Crippen LogP contribution is -2.31. The number of hydrogen-bond acceptors (Lipinski definition) is 4. The first-order valence-electron chi connectivity index (χ1n) is 4.77. The molecule has 0 aliphatic rings. The summed E-state index contributed by atoms with van der Waals surface area (Å²) in [5.74, 6) is -0.849. The van der Waals surface area contributed by atoms with Crippen molar-refractivity contribution in [2.45, 2.75) is 0 Å². The van der Waals surface area contributed by atoms with E-state index in [0.29, 0.717) is 6.29 Å². The summed E-state index contributed by atoms with van der Waals surface area (Å²) in [7, 11) is -3.60. The number of carbonyl (C=O) groups is 2. The number of rotatable bonds is 5. The van der Waals surface area contributed by atoms with Gasteiger partial charge in [0.2, 0.25) is 10.0 Å². The number of amides is 1. The molecule has 6 nitrogen and oxygen atoms in total. The zero-order valence-electron chi connectivity index (χ0n) is 8.92. The standard InChI is InChI=1S/C10H12N2O4S/c11-17(15,16)6-5-12-10(14)9-4-2-1-3-8(9)7-13/h1-4,7H,5-6H2,(H,12,14)(H2,11,15,16). The van der Waals surface area contributed by atoms with Crippen LogP contribution < -0.4 is 10.5 Å². The Hall–Kier alpha value is -1.73. The van der Waals surface area contributed by atoms with Crippen LogP contribution in [0.2, 0.25) is 0 Å². The number of primary sulfonamides is 1. The summed E-state index contributed by atoms with van der Waals surface area (Å²) in [5, 5.41) is 7.15. The first-order chi connectivity index (χ1) is 7.94. The van der Waals surface area contributed by atoms with Crippen LogP contribution in [0.4, 0.5) is 0 Å². The maximum atomic E-state index is 11.6. The second kappa shape index (κ2) is 5.55. The van der Waals surface area contributed by atoms with Crippen LogP contribution in [0.5, 0.6) is 0 Å². The summed E-state index contributed by atoms with van der Waals surface area (Å²) < 4.78 is 21.3. The van der Waals surface area contributed by atoms with Crippen LogP contribution in [0.25, 0.3) is 0 Å². The summed E-state index contributed by atoms with van der Waals surface area (Å²) in [6.07, 6.45) is 0.564. The van der Waals surface area contributed by atoms with Crippen LogP contribution in [0, 0.1) is 0 Å². The van der Waals surface area contributed by atoms with Gasteiger partial charge in [-0.3, -0.25) is 9.59 Å². The van der Waals surface area contributed by atoms with Crippen molar-refractivity contribution in [1.82, 2.24) is 5.32 Å². The summed E-state index contributed by atoms with van der Waals surface area (Å²) in [4.78, 5) is 22.3. The minimum absolute atomic E-state index is 0.0924. The average Bonchev–Trinajstić information content (AvgIpc) is 2.27. The number of sulfonamides is 1. The fraction of sp³-hybridized carbons (Fsp3) is 0.200. The molecule has 1 rings (SSSR count).